The minimum Gasteiger partial charge on any atom is -0.507 e. The van der Waals surface area contributed by atoms with E-state index in [1.807, 2.05) is 57.1 Å². The van der Waals surface area contributed by atoms with Crippen LogP contribution in [-0.2, 0) is 9.59 Å². The number of aliphatic hydroxyl groups excluding tert-OH is 1. The molecule has 1 aliphatic rings. The number of hydrogen-bond donors (Lipinski definition) is 1. The lowest BCUT2D eigenvalue weighted by Crippen LogP contribution is -2.35. The van der Waals surface area contributed by atoms with E-state index in [9.17, 15) is 14.7 Å². The molecule has 1 amide bonds. The van der Waals surface area contributed by atoms with Crippen LogP contribution in [0.5, 0.6) is 11.5 Å². The molecule has 1 aliphatic heterocycles. The predicted molar refractivity (Wildman–Crippen MR) is 123 cm³/mol. The lowest BCUT2D eigenvalue weighted by atomic mass is 9.95. The van der Waals surface area contributed by atoms with Crippen LogP contribution in [0, 0.1) is 0 Å². The molecule has 0 aliphatic carbocycles. The highest BCUT2D eigenvalue weighted by Gasteiger charge is 2.45. The fraction of sp³-hybridized carbons (Fsp3) is 0.360. The third-order valence-electron chi connectivity index (χ3n) is 5.27. The summed E-state index contributed by atoms with van der Waals surface area (Å²) in [7, 11) is 3.81. The zero-order chi connectivity index (χ0) is 23.3. The molecule has 3 rings (SSSR count). The van der Waals surface area contributed by atoms with E-state index in [4.69, 9.17) is 9.47 Å². The van der Waals surface area contributed by atoms with Crippen molar-refractivity contribution >= 4 is 17.4 Å². The van der Waals surface area contributed by atoms with Gasteiger partial charge >= 0.3 is 0 Å². The number of nitrogens with zero attached hydrogens (tertiary/aromatic N) is 2. The topological polar surface area (TPSA) is 79.3 Å². The zero-order valence-corrected chi connectivity index (χ0v) is 19.0. The number of hydrogen-bond acceptors (Lipinski definition) is 6. The number of ether oxygens (including phenoxy) is 2. The normalized spacial score (nSPS) is 17.8. The largest absolute Gasteiger partial charge is 0.507 e. The highest BCUT2D eigenvalue weighted by atomic mass is 16.5. The summed E-state index contributed by atoms with van der Waals surface area (Å²) in [6.07, 6.45) is 0. The van der Waals surface area contributed by atoms with Crippen molar-refractivity contribution in [2.24, 2.45) is 0 Å². The van der Waals surface area contributed by atoms with Gasteiger partial charge in [0.25, 0.3) is 11.7 Å². The molecule has 0 bridgehead atoms. The van der Waals surface area contributed by atoms with Crippen LogP contribution in [0.25, 0.3) is 5.76 Å². The summed E-state index contributed by atoms with van der Waals surface area (Å²) in [6, 6.07) is 13.4. The van der Waals surface area contributed by atoms with Crippen LogP contribution < -0.4 is 9.47 Å². The van der Waals surface area contributed by atoms with Crippen molar-refractivity contribution in [1.82, 2.24) is 9.80 Å². The summed E-state index contributed by atoms with van der Waals surface area (Å²) in [5, 5.41) is 11.1. The van der Waals surface area contributed by atoms with Crippen molar-refractivity contribution in [2.45, 2.75) is 19.9 Å². The third-order valence-corrected chi connectivity index (χ3v) is 5.27. The van der Waals surface area contributed by atoms with Gasteiger partial charge in [-0.1, -0.05) is 12.1 Å². The predicted octanol–water partition coefficient (Wildman–Crippen LogP) is 3.47. The van der Waals surface area contributed by atoms with E-state index in [1.165, 1.54) is 4.90 Å². The van der Waals surface area contributed by atoms with Gasteiger partial charge in [0.15, 0.2) is 0 Å². The lowest BCUT2D eigenvalue weighted by Gasteiger charge is -2.26. The first-order valence-electron chi connectivity index (χ1n) is 10.8. The Bertz CT molecular complexity index is 980. The smallest absolute Gasteiger partial charge is 0.295 e. The Kier molecular flexibility index (Phi) is 7.53. The SMILES string of the molecule is CCOc1ccc(C(O)=C2C(=O)C(=O)N(CCN(C)C)[C@H]2c2ccc(OCC)cc2)cc1. The average Bonchev–Trinajstić information content (AvgIpc) is 3.03. The molecule has 0 radical (unpaired) electrons. The van der Waals surface area contributed by atoms with E-state index >= 15 is 0 Å². The Morgan fingerprint density at radius 3 is 1.97 bits per heavy atom. The summed E-state index contributed by atoms with van der Waals surface area (Å²) in [4.78, 5) is 29.4. The van der Waals surface area contributed by atoms with Crippen molar-refractivity contribution in [3.63, 3.8) is 0 Å². The van der Waals surface area contributed by atoms with Gasteiger partial charge in [0.05, 0.1) is 24.8 Å². The Hall–Kier alpha value is -3.32. The van der Waals surface area contributed by atoms with Crippen molar-refractivity contribution in [3.05, 3.63) is 65.2 Å². The van der Waals surface area contributed by atoms with Crippen molar-refractivity contribution in [1.29, 1.82) is 0 Å². The van der Waals surface area contributed by atoms with Gasteiger partial charge in [-0.05, 0) is 69.9 Å². The van der Waals surface area contributed by atoms with E-state index in [-0.39, 0.29) is 11.3 Å². The Balaban J connectivity index is 2.06. The van der Waals surface area contributed by atoms with Gasteiger partial charge in [-0.3, -0.25) is 9.59 Å². The Morgan fingerprint density at radius 1 is 0.938 bits per heavy atom. The highest BCUT2D eigenvalue weighted by Crippen LogP contribution is 2.39. The molecule has 1 saturated heterocycles. The van der Waals surface area contributed by atoms with Gasteiger partial charge in [-0.15, -0.1) is 0 Å². The molecule has 0 saturated carbocycles. The van der Waals surface area contributed by atoms with E-state index in [0.29, 0.717) is 43.4 Å². The summed E-state index contributed by atoms with van der Waals surface area (Å²) in [5.41, 5.74) is 1.27. The van der Waals surface area contributed by atoms with E-state index in [2.05, 4.69) is 0 Å². The molecule has 0 spiro atoms. The second-order valence-corrected chi connectivity index (χ2v) is 7.76. The maximum Gasteiger partial charge on any atom is 0.295 e. The number of aliphatic hydroxyl groups is 1. The molecule has 1 fully saturated rings. The van der Waals surface area contributed by atoms with Gasteiger partial charge < -0.3 is 24.4 Å². The van der Waals surface area contributed by atoms with Crippen molar-refractivity contribution < 1.29 is 24.2 Å². The minimum atomic E-state index is -0.686. The maximum absolute atomic E-state index is 13.0. The first kappa shape index (κ1) is 23.3. The summed E-state index contributed by atoms with van der Waals surface area (Å²) < 4.78 is 11.0. The highest BCUT2D eigenvalue weighted by molar-refractivity contribution is 6.46. The van der Waals surface area contributed by atoms with Crippen LogP contribution in [0.2, 0.25) is 0 Å². The fourth-order valence-electron chi connectivity index (χ4n) is 3.71. The van der Waals surface area contributed by atoms with Crippen LogP contribution in [0.1, 0.15) is 31.0 Å². The summed E-state index contributed by atoms with van der Waals surface area (Å²) in [6.45, 7) is 5.80. The van der Waals surface area contributed by atoms with E-state index in [0.717, 1.165) is 5.56 Å². The quantitative estimate of drug-likeness (QED) is 0.367. The number of ketones is 1. The lowest BCUT2D eigenvalue weighted by molar-refractivity contribution is -0.140. The van der Waals surface area contributed by atoms with Gasteiger partial charge in [-0.25, -0.2) is 0 Å². The number of amides is 1. The van der Waals surface area contributed by atoms with Gasteiger partial charge in [0.2, 0.25) is 0 Å². The monoisotopic (exact) mass is 438 g/mol. The molecular weight excluding hydrogens is 408 g/mol. The zero-order valence-electron chi connectivity index (χ0n) is 19.0. The van der Waals surface area contributed by atoms with Crippen molar-refractivity contribution in [3.8, 4) is 11.5 Å². The van der Waals surface area contributed by atoms with Gasteiger partial charge in [0.1, 0.15) is 17.3 Å². The second-order valence-electron chi connectivity index (χ2n) is 7.76. The molecule has 1 atom stereocenters. The Labute approximate surface area is 188 Å². The average molecular weight is 439 g/mol. The summed E-state index contributed by atoms with van der Waals surface area (Å²) >= 11 is 0. The molecule has 1 heterocycles. The molecule has 0 aromatic heterocycles. The van der Waals surface area contributed by atoms with Crippen LogP contribution in [0.3, 0.4) is 0 Å². The first-order valence-corrected chi connectivity index (χ1v) is 10.8. The molecule has 1 N–H and O–H groups in total. The van der Waals surface area contributed by atoms with Crippen molar-refractivity contribution in [2.75, 3.05) is 40.4 Å². The number of Topliss-reactive ketones (excluding diaryl/α,β-unsaturated/α-hetero) is 1. The molecule has 7 heteroatoms. The van der Waals surface area contributed by atoms with Gasteiger partial charge in [-0.2, -0.15) is 0 Å². The molecule has 170 valence electrons. The second kappa shape index (κ2) is 10.3. The van der Waals surface area contributed by atoms with Crippen LogP contribution in [0.4, 0.5) is 0 Å². The summed E-state index contributed by atoms with van der Waals surface area (Å²) in [5.74, 6) is -0.128. The van der Waals surface area contributed by atoms with E-state index < -0.39 is 17.7 Å². The number of carbonyl (C=O) groups excluding carboxylic acids is 2. The van der Waals surface area contributed by atoms with Gasteiger partial charge in [0, 0.05) is 18.7 Å². The van der Waals surface area contributed by atoms with Crippen LogP contribution in [-0.4, -0.2) is 67.0 Å². The molecular formula is C25H30N2O5. The number of likely N-dealkylation sites (N-methyl/N-ethyl adjacent to an activating group) is 1. The molecule has 0 unspecified atom stereocenters. The fourth-order valence-corrected chi connectivity index (χ4v) is 3.71. The maximum atomic E-state index is 13.0. The number of rotatable bonds is 9. The Morgan fingerprint density at radius 2 is 1.47 bits per heavy atom. The van der Waals surface area contributed by atoms with Crippen LogP contribution >= 0.6 is 0 Å². The molecule has 2 aromatic rings. The molecule has 7 nitrogen and oxygen atoms in total. The minimum absolute atomic E-state index is 0.0853. The molecule has 2 aromatic carbocycles. The number of carbonyl (C=O) groups is 2. The number of likely N-dealkylation sites (tertiary alicyclic amines) is 1. The third kappa shape index (κ3) is 4.94. The van der Waals surface area contributed by atoms with E-state index in [1.54, 1.807) is 24.3 Å². The number of benzene rings is 2. The van der Waals surface area contributed by atoms with Crippen LogP contribution in [0.15, 0.2) is 54.1 Å². The first-order chi connectivity index (χ1) is 15.4. The molecule has 32 heavy (non-hydrogen) atoms. The standard InChI is InChI=1S/C25H30N2O5/c1-5-31-19-11-7-17(8-12-19)22-21(24(29)25(30)27(22)16-15-26(3)4)23(28)18-9-13-20(14-10-18)32-6-2/h7-14,22,28H,5-6,15-16H2,1-4H3/t22-/m0/s1.